The van der Waals surface area contributed by atoms with Crippen LogP contribution < -0.4 is 0 Å². The summed E-state index contributed by atoms with van der Waals surface area (Å²) in [6.07, 6.45) is -3.06. The van der Waals surface area contributed by atoms with E-state index in [1.54, 1.807) is 0 Å². The molecule has 0 saturated heterocycles. The smallest absolute Gasteiger partial charge is 0.105 e. The molecule has 0 aliphatic heterocycles. The summed E-state index contributed by atoms with van der Waals surface area (Å²) in [5, 5.41) is 34.9. The Bertz CT molecular complexity index is 83.8. The van der Waals surface area contributed by atoms with Crippen LogP contribution in [0.25, 0.3) is 0 Å². The first-order valence-corrected chi connectivity index (χ1v) is 3.24. The molecule has 0 spiro atoms. The lowest BCUT2D eigenvalue weighted by Crippen LogP contribution is -2.35. The lowest BCUT2D eigenvalue weighted by Gasteiger charge is -2.18. The Morgan fingerprint density at radius 3 is 2.00 bits per heavy atom. The molecule has 3 atom stereocenters. The van der Waals surface area contributed by atoms with Gasteiger partial charge in [-0.15, -0.1) is 0 Å². The lowest BCUT2D eigenvalue weighted by molar-refractivity contribution is -0.0586. The summed E-state index contributed by atoms with van der Waals surface area (Å²) >= 11 is 0. The van der Waals surface area contributed by atoms with Gasteiger partial charge in [-0.3, -0.25) is 0 Å². The van der Waals surface area contributed by atoms with Crippen molar-refractivity contribution in [1.82, 2.24) is 0 Å². The van der Waals surface area contributed by atoms with Crippen molar-refractivity contribution in [2.45, 2.75) is 31.7 Å². The van der Waals surface area contributed by atoms with Crippen LogP contribution in [0.15, 0.2) is 0 Å². The third kappa shape index (κ3) is 3.12. The van der Waals surface area contributed by atoms with Crippen LogP contribution in [0.5, 0.6) is 0 Å². The van der Waals surface area contributed by atoms with Crippen molar-refractivity contribution in [3.8, 4) is 0 Å². The Morgan fingerprint density at radius 2 is 1.70 bits per heavy atom. The van der Waals surface area contributed by atoms with Gasteiger partial charge in [0, 0.05) is 6.61 Å². The SMILES string of the molecule is C[C@H](O)[C@@H](O)[C@H](O)CCO. The van der Waals surface area contributed by atoms with Crippen LogP contribution in [0.3, 0.4) is 0 Å². The second kappa shape index (κ2) is 4.62. The fraction of sp³-hybridized carbons (Fsp3) is 1.00. The molecular formula is C6H14O4. The molecule has 0 aromatic rings. The first-order chi connectivity index (χ1) is 4.59. The molecule has 0 radical (unpaired) electrons. The molecule has 0 heterocycles. The van der Waals surface area contributed by atoms with Crippen LogP contribution in [-0.4, -0.2) is 45.3 Å². The van der Waals surface area contributed by atoms with Crippen LogP contribution in [0.2, 0.25) is 0 Å². The molecule has 0 rings (SSSR count). The van der Waals surface area contributed by atoms with E-state index in [1.807, 2.05) is 0 Å². The Hall–Kier alpha value is -0.160. The summed E-state index contributed by atoms with van der Waals surface area (Å²) < 4.78 is 0. The minimum Gasteiger partial charge on any atom is -0.396 e. The van der Waals surface area contributed by atoms with E-state index in [1.165, 1.54) is 6.92 Å². The molecule has 0 aromatic heterocycles. The molecule has 0 unspecified atom stereocenters. The van der Waals surface area contributed by atoms with Crippen molar-refractivity contribution in [3.05, 3.63) is 0 Å². The van der Waals surface area contributed by atoms with Gasteiger partial charge in [-0.05, 0) is 13.3 Å². The number of hydrogen-bond donors (Lipinski definition) is 4. The van der Waals surface area contributed by atoms with Crippen LogP contribution in [-0.2, 0) is 0 Å². The van der Waals surface area contributed by atoms with Crippen LogP contribution in [0.1, 0.15) is 13.3 Å². The number of hydrogen-bond acceptors (Lipinski definition) is 4. The maximum atomic E-state index is 8.92. The van der Waals surface area contributed by atoms with Crippen LogP contribution in [0, 0.1) is 0 Å². The zero-order chi connectivity index (χ0) is 8.15. The average Bonchev–Trinajstić information content (AvgIpc) is 1.87. The molecular weight excluding hydrogens is 136 g/mol. The molecule has 0 aromatic carbocycles. The summed E-state index contributed by atoms with van der Waals surface area (Å²) in [4.78, 5) is 0. The first kappa shape index (κ1) is 9.84. The van der Waals surface area contributed by atoms with Gasteiger partial charge in [0.25, 0.3) is 0 Å². The molecule has 4 N–H and O–H groups in total. The lowest BCUT2D eigenvalue weighted by atomic mass is 10.1. The Labute approximate surface area is 59.7 Å². The normalized spacial score (nSPS) is 20.1. The van der Waals surface area contributed by atoms with Crippen molar-refractivity contribution in [1.29, 1.82) is 0 Å². The molecule has 0 amide bonds. The summed E-state index contributed by atoms with van der Waals surface area (Å²) in [7, 11) is 0. The van der Waals surface area contributed by atoms with E-state index in [-0.39, 0.29) is 13.0 Å². The van der Waals surface area contributed by atoms with Gasteiger partial charge in [0.1, 0.15) is 6.10 Å². The van der Waals surface area contributed by atoms with Crippen molar-refractivity contribution in [3.63, 3.8) is 0 Å². The molecule has 0 aliphatic carbocycles. The molecule has 10 heavy (non-hydrogen) atoms. The Kier molecular flexibility index (Phi) is 4.55. The molecule has 4 nitrogen and oxygen atoms in total. The highest BCUT2D eigenvalue weighted by Crippen LogP contribution is 2.02. The molecule has 62 valence electrons. The van der Waals surface area contributed by atoms with E-state index in [0.29, 0.717) is 0 Å². The van der Waals surface area contributed by atoms with Crippen molar-refractivity contribution >= 4 is 0 Å². The first-order valence-electron chi connectivity index (χ1n) is 3.24. The maximum absolute atomic E-state index is 8.92. The van der Waals surface area contributed by atoms with Gasteiger partial charge in [-0.1, -0.05) is 0 Å². The monoisotopic (exact) mass is 150 g/mol. The van der Waals surface area contributed by atoms with Crippen molar-refractivity contribution in [2.24, 2.45) is 0 Å². The van der Waals surface area contributed by atoms with Gasteiger partial charge in [0.2, 0.25) is 0 Å². The van der Waals surface area contributed by atoms with Gasteiger partial charge in [-0.25, -0.2) is 0 Å². The van der Waals surface area contributed by atoms with Crippen molar-refractivity contribution < 1.29 is 20.4 Å². The summed E-state index contributed by atoms with van der Waals surface area (Å²) in [6.45, 7) is 1.19. The fourth-order valence-electron chi connectivity index (χ4n) is 0.625. The average molecular weight is 150 g/mol. The molecule has 4 heteroatoms. The second-order valence-corrected chi connectivity index (χ2v) is 2.31. The summed E-state index contributed by atoms with van der Waals surface area (Å²) in [5.74, 6) is 0. The van der Waals surface area contributed by atoms with E-state index in [0.717, 1.165) is 0 Å². The number of aliphatic hydroxyl groups excluding tert-OH is 4. The van der Waals surface area contributed by atoms with Gasteiger partial charge in [0.15, 0.2) is 0 Å². The van der Waals surface area contributed by atoms with Gasteiger partial charge in [0.05, 0.1) is 12.2 Å². The molecule has 0 fully saturated rings. The summed E-state index contributed by atoms with van der Waals surface area (Å²) in [6, 6.07) is 0. The Balaban J connectivity index is 3.58. The zero-order valence-electron chi connectivity index (χ0n) is 5.94. The zero-order valence-corrected chi connectivity index (χ0v) is 5.94. The predicted octanol–water partition coefficient (Wildman–Crippen LogP) is -1.53. The molecule has 0 saturated carbocycles. The number of aliphatic hydroxyl groups is 4. The van der Waals surface area contributed by atoms with Crippen molar-refractivity contribution in [2.75, 3.05) is 6.61 Å². The van der Waals surface area contributed by atoms with Gasteiger partial charge < -0.3 is 20.4 Å². The molecule has 0 bridgehead atoms. The topological polar surface area (TPSA) is 80.9 Å². The van der Waals surface area contributed by atoms with Crippen LogP contribution >= 0.6 is 0 Å². The minimum absolute atomic E-state index is 0.0894. The van der Waals surface area contributed by atoms with E-state index < -0.39 is 18.3 Å². The minimum atomic E-state index is -1.16. The van der Waals surface area contributed by atoms with Gasteiger partial charge >= 0.3 is 0 Å². The second-order valence-electron chi connectivity index (χ2n) is 2.31. The highest BCUT2D eigenvalue weighted by Gasteiger charge is 2.19. The fourth-order valence-corrected chi connectivity index (χ4v) is 0.625. The standard InChI is InChI=1S/C6H14O4/c1-4(8)6(10)5(9)2-3-7/h4-10H,2-3H2,1H3/t4-,5+,6+/m0/s1. The molecule has 0 aliphatic rings. The summed E-state index contributed by atoms with van der Waals surface area (Å²) in [5.41, 5.74) is 0. The highest BCUT2D eigenvalue weighted by molar-refractivity contribution is 4.71. The van der Waals surface area contributed by atoms with E-state index in [4.69, 9.17) is 20.4 Å². The quantitative estimate of drug-likeness (QED) is 0.392. The predicted molar refractivity (Wildman–Crippen MR) is 35.4 cm³/mol. The largest absolute Gasteiger partial charge is 0.396 e. The number of rotatable bonds is 4. The van der Waals surface area contributed by atoms with E-state index in [2.05, 4.69) is 0 Å². The van der Waals surface area contributed by atoms with E-state index in [9.17, 15) is 0 Å². The van der Waals surface area contributed by atoms with Gasteiger partial charge in [-0.2, -0.15) is 0 Å². The third-order valence-corrected chi connectivity index (χ3v) is 1.31. The Morgan fingerprint density at radius 1 is 1.20 bits per heavy atom. The highest BCUT2D eigenvalue weighted by atomic mass is 16.4. The maximum Gasteiger partial charge on any atom is 0.105 e. The third-order valence-electron chi connectivity index (χ3n) is 1.31. The van der Waals surface area contributed by atoms with E-state index >= 15 is 0 Å². The van der Waals surface area contributed by atoms with Crippen LogP contribution in [0.4, 0.5) is 0 Å².